The Morgan fingerprint density at radius 2 is 1.31 bits per heavy atom. The smallest absolute Gasteiger partial charge is 0.244 e. The van der Waals surface area contributed by atoms with E-state index in [4.69, 9.17) is 17.2 Å². The maximum atomic E-state index is 14.8. The molecule has 2 saturated heterocycles. The lowest BCUT2D eigenvalue weighted by atomic mass is 10.0. The first kappa shape index (κ1) is 59.1. The second-order valence-electron chi connectivity index (χ2n) is 18.7. The van der Waals surface area contributed by atoms with Crippen molar-refractivity contribution in [2.24, 2.45) is 22.2 Å². The van der Waals surface area contributed by atoms with Crippen LogP contribution in [0.5, 0.6) is 0 Å². The Labute approximate surface area is 456 Å². The van der Waals surface area contributed by atoms with Gasteiger partial charge in [0.05, 0.1) is 12.7 Å². The van der Waals surface area contributed by atoms with Crippen LogP contribution in [0.25, 0.3) is 10.9 Å². The Morgan fingerprint density at radius 3 is 2.01 bits per heavy atom. The summed E-state index contributed by atoms with van der Waals surface area (Å²) in [6, 6.07) is 4.57. The highest BCUT2D eigenvalue weighted by Crippen LogP contribution is 2.24. The van der Waals surface area contributed by atoms with Crippen LogP contribution in [-0.2, 0) is 67.2 Å². The normalized spacial score (nSPS) is 24.1. The molecule has 4 aromatic rings. The molecule has 2 fully saturated rings. The number of amides is 10. The number of nitrogens with one attached hydrogen (secondary N) is 11. The fourth-order valence-electron chi connectivity index (χ4n) is 8.59. The molecule has 418 valence electrons. The molecule has 28 heteroatoms. The molecule has 0 saturated carbocycles. The number of aliphatic imine (C=N–C) groups is 1. The van der Waals surface area contributed by atoms with Crippen molar-refractivity contribution in [3.63, 3.8) is 0 Å². The molecule has 6 rings (SSSR count). The second-order valence-corrected chi connectivity index (χ2v) is 21.2. The van der Waals surface area contributed by atoms with Gasteiger partial charge in [-0.3, -0.25) is 52.9 Å². The Morgan fingerprint density at radius 1 is 0.679 bits per heavy atom. The second kappa shape index (κ2) is 29.4. The Kier molecular flexibility index (Phi) is 22.3. The zero-order valence-corrected chi connectivity index (χ0v) is 44.4. The minimum absolute atomic E-state index is 0.00633. The lowest BCUT2D eigenvalue weighted by Crippen LogP contribution is -2.61. The summed E-state index contributed by atoms with van der Waals surface area (Å²) in [5.41, 5.74) is 19.3. The number of aromatic nitrogens is 3. The molecule has 2 aromatic heterocycles. The molecule has 2 bridgehead atoms. The summed E-state index contributed by atoms with van der Waals surface area (Å²) in [5.74, 6) is -8.75. The van der Waals surface area contributed by atoms with Crippen LogP contribution < -0.4 is 65.1 Å². The number of hydrogen-bond donors (Lipinski definition) is 14. The van der Waals surface area contributed by atoms with Crippen molar-refractivity contribution >= 4 is 97.5 Å². The monoisotopic (exact) mass is 1110 g/mol. The minimum Gasteiger partial charge on any atom is -0.370 e. The van der Waals surface area contributed by atoms with Crippen molar-refractivity contribution in [2.45, 2.75) is 113 Å². The number of imidazole rings is 1. The van der Waals surface area contributed by atoms with Crippen LogP contribution in [0.4, 0.5) is 0 Å². The highest BCUT2D eigenvalue weighted by atomic mass is 33.1. The number of rotatable bonds is 12. The molecule has 26 nitrogen and oxygen atoms in total. The van der Waals surface area contributed by atoms with Crippen LogP contribution in [0.2, 0.25) is 0 Å². The van der Waals surface area contributed by atoms with Crippen LogP contribution in [-0.4, -0.2) is 153 Å². The number of hydrogen-bond acceptors (Lipinski definition) is 14. The van der Waals surface area contributed by atoms with Gasteiger partial charge >= 0.3 is 0 Å². The van der Waals surface area contributed by atoms with E-state index in [2.05, 4.69) is 67.8 Å². The summed E-state index contributed by atoms with van der Waals surface area (Å²) >= 11 is 0. The van der Waals surface area contributed by atoms with Gasteiger partial charge in [-0.2, -0.15) is 0 Å². The van der Waals surface area contributed by atoms with Crippen molar-refractivity contribution < 1.29 is 47.9 Å². The molecular formula is C50H66N16O10S2. The van der Waals surface area contributed by atoms with E-state index in [-0.39, 0.29) is 81.9 Å². The summed E-state index contributed by atoms with van der Waals surface area (Å²) in [5, 5.41) is 24.9. The van der Waals surface area contributed by atoms with Gasteiger partial charge in [0, 0.05) is 79.8 Å². The number of aromatic amines is 2. The van der Waals surface area contributed by atoms with Gasteiger partial charge in [-0.1, -0.05) is 70.1 Å². The molecule has 78 heavy (non-hydrogen) atoms. The maximum Gasteiger partial charge on any atom is 0.244 e. The van der Waals surface area contributed by atoms with E-state index in [0.29, 0.717) is 16.8 Å². The van der Waals surface area contributed by atoms with Crippen LogP contribution >= 0.6 is 21.6 Å². The number of nitrogens with two attached hydrogens (primary N) is 3. The maximum absolute atomic E-state index is 14.8. The number of nitrogens with zero attached hydrogens (tertiary/aromatic N) is 2. The minimum atomic E-state index is -1.65. The van der Waals surface area contributed by atoms with E-state index < -0.39 is 114 Å². The van der Waals surface area contributed by atoms with Crippen molar-refractivity contribution in [3.05, 3.63) is 90.1 Å². The number of carbonyl (C=O) groups excluding carboxylic acids is 10. The van der Waals surface area contributed by atoms with E-state index in [1.807, 2.05) is 18.2 Å². The Balaban J connectivity index is 1.46. The summed E-state index contributed by atoms with van der Waals surface area (Å²) < 4.78 is 0. The Hall–Kier alpha value is -8.14. The number of para-hydroxylation sites is 1. The van der Waals surface area contributed by atoms with Gasteiger partial charge in [0.15, 0.2) is 5.96 Å². The van der Waals surface area contributed by atoms with E-state index in [0.717, 1.165) is 32.5 Å². The number of H-pyrrole nitrogens is 2. The lowest BCUT2D eigenvalue weighted by molar-refractivity contribution is -0.136. The molecule has 10 amide bonds. The third-order valence-electron chi connectivity index (χ3n) is 12.6. The van der Waals surface area contributed by atoms with E-state index in [9.17, 15) is 47.9 Å². The molecule has 0 unspecified atom stereocenters. The van der Waals surface area contributed by atoms with Crippen molar-refractivity contribution in [1.82, 2.24) is 62.8 Å². The van der Waals surface area contributed by atoms with Gasteiger partial charge in [-0.25, -0.2) is 4.98 Å². The zero-order chi connectivity index (χ0) is 56.1. The summed E-state index contributed by atoms with van der Waals surface area (Å²) in [6.07, 6.45) is 3.75. The highest BCUT2D eigenvalue weighted by Gasteiger charge is 2.36. The SMILES string of the molecule is CC(=O)N[C@@H]1CSSC[C@@H](C(N)=O)NC(=O)[C@@H]2CCCCNC(=O)C[C@@H](NC1=O)C(=O)N[C@@H](Cc1cnc[nH]1)C(=O)N[C@H](Cc1ccccc1)C(=O)N[C@@H](CCCN=C(N)N)C(=O)N[C@H](Cc1c[nH]c3ccccc13)C(=O)N2. The number of guanidine groups is 1. The summed E-state index contributed by atoms with van der Waals surface area (Å²) in [7, 11) is 2.05. The molecule has 2 aliphatic rings. The van der Waals surface area contributed by atoms with E-state index >= 15 is 0 Å². The van der Waals surface area contributed by atoms with E-state index in [1.165, 1.54) is 19.4 Å². The first-order valence-corrected chi connectivity index (χ1v) is 27.7. The molecule has 2 aliphatic heterocycles. The number of primary amides is 1. The predicted octanol–water partition coefficient (Wildman–Crippen LogP) is -2.56. The zero-order valence-electron chi connectivity index (χ0n) is 42.8. The van der Waals surface area contributed by atoms with Gasteiger partial charge in [-0.05, 0) is 49.3 Å². The molecule has 17 N–H and O–H groups in total. The lowest BCUT2D eigenvalue weighted by Gasteiger charge is -2.28. The Bertz CT molecular complexity index is 2790. The number of fused-ring (bicyclic) bond motifs is 9. The average Bonchev–Trinajstić information content (AvgIpc) is 4.08. The molecule has 0 radical (unpaired) electrons. The number of carbonyl (C=O) groups is 10. The predicted molar refractivity (Wildman–Crippen MR) is 291 cm³/mol. The van der Waals surface area contributed by atoms with Crippen molar-refractivity contribution in [1.29, 1.82) is 0 Å². The standard InChI is InChI=1S/C50H66N16O10S2/c1-27(67)59-40-25-78-77-24-39(42(51)69)66-44(71)33-14-7-8-16-55-41(68)21-38(65-49(40)76)48(75)64-37(20-30-23-54-26-58-30)47(74)62-35(18-28-10-3-2-4-11-28)45(72)61-34(15-9-17-56-50(52)53)43(70)63-36(46(73)60-33)19-29-22-57-32-13-6-5-12-31(29)32/h2-6,10-13,22-23,26,33-40,57H,7-9,14-21,24-25H2,1H3,(H2,51,69)(H,54,58)(H,55,68)(H,59,67)(H,60,73)(H,61,72)(H,62,74)(H,63,70)(H,64,75)(H,65,76)(H,66,71)(H4,52,53,56)/t33-,34-,35+,36+,37-,38+,39-,40+/m0/s1. The third kappa shape index (κ3) is 18.3. The van der Waals surface area contributed by atoms with Gasteiger partial charge in [0.2, 0.25) is 59.1 Å². The highest BCUT2D eigenvalue weighted by molar-refractivity contribution is 8.76. The molecule has 0 aliphatic carbocycles. The molecule has 8 atom stereocenters. The summed E-state index contributed by atoms with van der Waals surface area (Å²) in [4.78, 5) is 155. The molecular weight excluding hydrogens is 1050 g/mol. The first-order valence-electron chi connectivity index (χ1n) is 25.3. The molecule has 4 heterocycles. The van der Waals surface area contributed by atoms with Crippen molar-refractivity contribution in [2.75, 3.05) is 24.6 Å². The van der Waals surface area contributed by atoms with Gasteiger partial charge in [-0.15, -0.1) is 0 Å². The van der Waals surface area contributed by atoms with E-state index in [1.54, 1.807) is 42.6 Å². The third-order valence-corrected chi connectivity index (χ3v) is 15.1. The fraction of sp³-hybridized carbons (Fsp3) is 0.440. The van der Waals surface area contributed by atoms with Crippen LogP contribution in [0.15, 0.2) is 78.3 Å². The van der Waals surface area contributed by atoms with Crippen LogP contribution in [0.1, 0.15) is 62.3 Å². The van der Waals surface area contributed by atoms with Crippen LogP contribution in [0.3, 0.4) is 0 Å². The summed E-state index contributed by atoms with van der Waals surface area (Å²) in [6.45, 7) is 1.20. The fourth-order valence-corrected chi connectivity index (χ4v) is 10.9. The van der Waals surface area contributed by atoms with Crippen LogP contribution in [0, 0.1) is 0 Å². The quantitative estimate of drug-likeness (QED) is 0.0300. The molecule has 0 spiro atoms. The van der Waals surface area contributed by atoms with Gasteiger partial charge < -0.3 is 75.0 Å². The van der Waals surface area contributed by atoms with Gasteiger partial charge in [0.1, 0.15) is 48.3 Å². The molecule has 2 aromatic carbocycles. The van der Waals surface area contributed by atoms with Gasteiger partial charge in [0.25, 0.3) is 0 Å². The topological polar surface area (TPSA) is 414 Å². The first-order chi connectivity index (χ1) is 37.4. The number of benzene rings is 2. The van der Waals surface area contributed by atoms with Crippen molar-refractivity contribution in [3.8, 4) is 0 Å². The largest absolute Gasteiger partial charge is 0.370 e. The average molecular weight is 1120 g/mol.